The van der Waals surface area contributed by atoms with E-state index in [1.807, 2.05) is 13.0 Å². The van der Waals surface area contributed by atoms with Crippen LogP contribution in [0.1, 0.15) is 11.5 Å². The lowest BCUT2D eigenvalue weighted by Gasteiger charge is -1.93. The van der Waals surface area contributed by atoms with Crippen molar-refractivity contribution in [3.8, 4) is 0 Å². The van der Waals surface area contributed by atoms with Crippen LogP contribution < -0.4 is 5.73 Å². The fourth-order valence-electron chi connectivity index (χ4n) is 1.19. The van der Waals surface area contributed by atoms with Crippen molar-refractivity contribution in [2.75, 3.05) is 0 Å². The summed E-state index contributed by atoms with van der Waals surface area (Å²) in [6.45, 7) is 2.37. The molecule has 0 radical (unpaired) electrons. The van der Waals surface area contributed by atoms with Gasteiger partial charge in [-0.15, -0.1) is 0 Å². The Bertz CT molecular complexity index is 404. The first-order valence-electron chi connectivity index (χ1n) is 3.81. The molecule has 0 amide bonds. The molecule has 12 heavy (non-hydrogen) atoms. The smallest absolute Gasteiger partial charge is 0.144 e. The lowest BCUT2D eigenvalue weighted by molar-refractivity contribution is 0.922. The van der Waals surface area contributed by atoms with E-state index >= 15 is 0 Å². The highest BCUT2D eigenvalue weighted by molar-refractivity contribution is 5.75. The fraction of sp³-hybridized carbons (Fsp3) is 0.250. The third kappa shape index (κ3) is 1.06. The monoisotopic (exact) mass is 162 g/mol. The first kappa shape index (κ1) is 7.24. The number of H-pyrrole nitrogens is 1. The zero-order valence-corrected chi connectivity index (χ0v) is 6.83. The Kier molecular flexibility index (Phi) is 1.55. The summed E-state index contributed by atoms with van der Waals surface area (Å²) in [5, 5.41) is 1.03. The van der Waals surface area contributed by atoms with E-state index in [9.17, 15) is 0 Å². The average Bonchev–Trinajstić information content (AvgIpc) is 2.43. The Morgan fingerprint density at radius 1 is 1.58 bits per heavy atom. The van der Waals surface area contributed by atoms with Crippen molar-refractivity contribution in [2.24, 2.45) is 5.73 Å². The molecule has 2 aromatic rings. The molecule has 2 rings (SSSR count). The van der Waals surface area contributed by atoms with E-state index in [2.05, 4.69) is 15.0 Å². The highest BCUT2D eigenvalue weighted by Gasteiger charge is 1.99. The van der Waals surface area contributed by atoms with Gasteiger partial charge in [0, 0.05) is 17.3 Å². The molecule has 0 fully saturated rings. The molecule has 4 nitrogen and oxygen atoms in total. The van der Waals surface area contributed by atoms with Crippen LogP contribution >= 0.6 is 0 Å². The van der Waals surface area contributed by atoms with Crippen LogP contribution in [0.3, 0.4) is 0 Å². The van der Waals surface area contributed by atoms with Gasteiger partial charge in [-0.3, -0.25) is 0 Å². The molecule has 4 heteroatoms. The number of nitrogens with zero attached hydrogens (tertiary/aromatic N) is 2. The fourth-order valence-corrected chi connectivity index (χ4v) is 1.19. The van der Waals surface area contributed by atoms with Crippen LogP contribution in [0.15, 0.2) is 12.3 Å². The van der Waals surface area contributed by atoms with Crippen molar-refractivity contribution in [3.05, 3.63) is 23.8 Å². The Labute approximate surface area is 69.8 Å². The summed E-state index contributed by atoms with van der Waals surface area (Å²) in [7, 11) is 0. The molecule has 0 bridgehead atoms. The zero-order valence-electron chi connectivity index (χ0n) is 6.83. The van der Waals surface area contributed by atoms with Crippen molar-refractivity contribution in [1.82, 2.24) is 15.0 Å². The second kappa shape index (κ2) is 2.57. The highest BCUT2D eigenvalue weighted by Crippen LogP contribution is 2.10. The molecule has 0 aliphatic carbocycles. The maximum atomic E-state index is 5.41. The maximum Gasteiger partial charge on any atom is 0.144 e. The number of hydrogen-bond donors (Lipinski definition) is 2. The SMILES string of the molecule is Cc1cc2cnc(CN)nc2[nH]1. The molecule has 2 heterocycles. The van der Waals surface area contributed by atoms with E-state index in [1.54, 1.807) is 6.20 Å². The first-order valence-corrected chi connectivity index (χ1v) is 3.81. The standard InChI is InChI=1S/C8H10N4/c1-5-2-6-4-10-7(3-9)12-8(6)11-5/h2,4H,3,9H2,1H3,(H,10,11,12). The van der Waals surface area contributed by atoms with E-state index in [0.29, 0.717) is 12.4 Å². The predicted molar refractivity (Wildman–Crippen MR) is 46.5 cm³/mol. The molecule has 0 atom stereocenters. The lowest BCUT2D eigenvalue weighted by Crippen LogP contribution is -2.02. The summed E-state index contributed by atoms with van der Waals surface area (Å²) in [6.07, 6.45) is 1.79. The molecule has 0 aromatic carbocycles. The minimum atomic E-state index is 0.383. The number of rotatable bonds is 1. The second-order valence-electron chi connectivity index (χ2n) is 2.75. The molecule has 3 N–H and O–H groups in total. The first-order chi connectivity index (χ1) is 5.79. The number of nitrogens with two attached hydrogens (primary N) is 1. The van der Waals surface area contributed by atoms with Gasteiger partial charge in [-0.05, 0) is 13.0 Å². The van der Waals surface area contributed by atoms with Crippen LogP contribution in [0.5, 0.6) is 0 Å². The van der Waals surface area contributed by atoms with E-state index in [1.165, 1.54) is 0 Å². The minimum Gasteiger partial charge on any atom is -0.343 e. The summed E-state index contributed by atoms with van der Waals surface area (Å²) in [5.41, 5.74) is 7.36. The van der Waals surface area contributed by atoms with Crippen molar-refractivity contribution in [2.45, 2.75) is 13.5 Å². The van der Waals surface area contributed by atoms with Crippen LogP contribution in [-0.2, 0) is 6.54 Å². The largest absolute Gasteiger partial charge is 0.343 e. The van der Waals surface area contributed by atoms with Crippen LogP contribution in [0.4, 0.5) is 0 Å². The van der Waals surface area contributed by atoms with Crippen LogP contribution in [0, 0.1) is 6.92 Å². The van der Waals surface area contributed by atoms with Crippen LogP contribution in [0.25, 0.3) is 11.0 Å². The molecule has 62 valence electrons. The Hall–Kier alpha value is -1.42. The molecule has 0 aliphatic heterocycles. The lowest BCUT2D eigenvalue weighted by atomic mass is 10.4. The third-order valence-electron chi connectivity index (χ3n) is 1.74. The van der Waals surface area contributed by atoms with E-state index < -0.39 is 0 Å². The molecule has 0 aliphatic rings. The Balaban J connectivity index is 2.66. The third-order valence-corrected chi connectivity index (χ3v) is 1.74. The molecular formula is C8H10N4. The summed E-state index contributed by atoms with van der Waals surface area (Å²) in [6, 6.07) is 2.01. The van der Waals surface area contributed by atoms with Gasteiger partial charge in [-0.25, -0.2) is 9.97 Å². The molecule has 0 saturated carbocycles. The van der Waals surface area contributed by atoms with Crippen molar-refractivity contribution in [3.63, 3.8) is 0 Å². The number of nitrogens with one attached hydrogen (secondary N) is 1. The minimum absolute atomic E-state index is 0.383. The number of aromatic nitrogens is 3. The second-order valence-corrected chi connectivity index (χ2v) is 2.75. The van der Waals surface area contributed by atoms with E-state index in [4.69, 9.17) is 5.73 Å². The average molecular weight is 162 g/mol. The van der Waals surface area contributed by atoms with Crippen molar-refractivity contribution < 1.29 is 0 Å². The number of aromatic amines is 1. The molecule has 0 spiro atoms. The van der Waals surface area contributed by atoms with Crippen LogP contribution in [0.2, 0.25) is 0 Å². The quantitative estimate of drug-likeness (QED) is 0.649. The molecule has 0 unspecified atom stereocenters. The highest BCUT2D eigenvalue weighted by atomic mass is 15.0. The van der Waals surface area contributed by atoms with Gasteiger partial charge in [0.2, 0.25) is 0 Å². The molecule has 0 saturated heterocycles. The van der Waals surface area contributed by atoms with Crippen molar-refractivity contribution in [1.29, 1.82) is 0 Å². The summed E-state index contributed by atoms with van der Waals surface area (Å²) < 4.78 is 0. The zero-order chi connectivity index (χ0) is 8.55. The molecule has 2 aromatic heterocycles. The van der Waals surface area contributed by atoms with Gasteiger partial charge in [0.1, 0.15) is 11.5 Å². The number of fused-ring (bicyclic) bond motifs is 1. The summed E-state index contributed by atoms with van der Waals surface area (Å²) in [5.74, 6) is 0.671. The Morgan fingerprint density at radius 3 is 3.17 bits per heavy atom. The van der Waals surface area contributed by atoms with Gasteiger partial charge < -0.3 is 10.7 Å². The van der Waals surface area contributed by atoms with Gasteiger partial charge in [0.15, 0.2) is 0 Å². The topological polar surface area (TPSA) is 67.6 Å². The van der Waals surface area contributed by atoms with Gasteiger partial charge in [-0.2, -0.15) is 0 Å². The summed E-state index contributed by atoms with van der Waals surface area (Å²) in [4.78, 5) is 11.4. The van der Waals surface area contributed by atoms with Gasteiger partial charge in [0.05, 0.1) is 6.54 Å². The van der Waals surface area contributed by atoms with E-state index in [-0.39, 0.29) is 0 Å². The van der Waals surface area contributed by atoms with Gasteiger partial charge in [-0.1, -0.05) is 0 Å². The number of aryl methyl sites for hydroxylation is 1. The van der Waals surface area contributed by atoms with Gasteiger partial charge >= 0.3 is 0 Å². The predicted octanol–water partition coefficient (Wildman–Crippen LogP) is 0.725. The number of hydrogen-bond acceptors (Lipinski definition) is 3. The molecular weight excluding hydrogens is 152 g/mol. The van der Waals surface area contributed by atoms with Crippen LogP contribution in [-0.4, -0.2) is 15.0 Å². The maximum absolute atomic E-state index is 5.41. The summed E-state index contributed by atoms with van der Waals surface area (Å²) >= 11 is 0. The van der Waals surface area contributed by atoms with Crippen molar-refractivity contribution >= 4 is 11.0 Å². The Morgan fingerprint density at radius 2 is 2.42 bits per heavy atom. The van der Waals surface area contributed by atoms with Gasteiger partial charge in [0.25, 0.3) is 0 Å². The van der Waals surface area contributed by atoms with E-state index in [0.717, 1.165) is 16.7 Å². The normalized spacial score (nSPS) is 10.8.